The number of hydrogen-bond acceptors (Lipinski definition) is 2. The lowest BCUT2D eigenvalue weighted by Gasteiger charge is -2.19. The highest BCUT2D eigenvalue weighted by Crippen LogP contribution is 2.27. The van der Waals surface area contributed by atoms with Gasteiger partial charge >= 0.3 is 0 Å². The molecule has 0 saturated carbocycles. The van der Waals surface area contributed by atoms with Crippen LogP contribution >= 0.6 is 39.9 Å². The largest absolute Gasteiger partial charge is 0.386 e. The fourth-order valence-corrected chi connectivity index (χ4v) is 5.12. The molecule has 0 aliphatic heterocycles. The molecule has 0 aliphatic rings. The Labute approximate surface area is 354 Å². The van der Waals surface area contributed by atoms with Crippen molar-refractivity contribution >= 4 is 46.2 Å². The average molecular weight is 851 g/mol. The smallest absolute Gasteiger partial charge is 0.150 e. The van der Waals surface area contributed by atoms with Crippen LogP contribution in [0.4, 0.5) is 0 Å². The number of rotatable bonds is 3. The van der Waals surface area contributed by atoms with E-state index in [0.717, 1.165) is 27.4 Å². The summed E-state index contributed by atoms with van der Waals surface area (Å²) in [5.41, 5.74) is 11.4. The minimum atomic E-state index is -0.715. The fraction of sp³-hybridized carbons (Fsp3) is 0.380. The first-order chi connectivity index (χ1) is 24.7. The van der Waals surface area contributed by atoms with E-state index < -0.39 is 5.60 Å². The molecule has 0 heterocycles. The molecule has 1 N–H and O–H groups in total. The van der Waals surface area contributed by atoms with Crippen molar-refractivity contribution in [2.45, 2.75) is 125 Å². The number of hydrogen-bond donors (Lipinski definition) is 1. The van der Waals surface area contributed by atoms with Gasteiger partial charge in [-0.1, -0.05) is 177 Å². The number of carbonyl (C=O) groups is 1. The van der Waals surface area contributed by atoms with Crippen LogP contribution < -0.4 is 0 Å². The van der Waals surface area contributed by atoms with Crippen LogP contribution in [-0.4, -0.2) is 11.4 Å². The first-order valence-electron chi connectivity index (χ1n) is 18.6. The Morgan fingerprint density at radius 1 is 0.491 bits per heavy atom. The van der Waals surface area contributed by atoms with Crippen LogP contribution in [0.2, 0.25) is 0 Å². The number of aliphatic hydroxyl groups is 1. The molecule has 0 amide bonds. The summed E-state index contributed by atoms with van der Waals surface area (Å²) in [4.78, 5) is 10.5. The lowest BCUT2D eigenvalue weighted by molar-refractivity contribution is 0.0786. The van der Waals surface area contributed by atoms with Gasteiger partial charge in [0.05, 0.1) is 10.5 Å². The number of aldehydes is 1. The second-order valence-corrected chi connectivity index (χ2v) is 19.0. The Morgan fingerprint density at radius 2 is 0.800 bits per heavy atom. The van der Waals surface area contributed by atoms with Gasteiger partial charge in [-0.15, -0.1) is 24.0 Å². The van der Waals surface area contributed by atoms with E-state index in [4.69, 9.17) is 11.6 Å². The molecule has 0 fully saturated rings. The maximum absolute atomic E-state index is 10.7. The van der Waals surface area contributed by atoms with Crippen LogP contribution in [0.5, 0.6) is 0 Å². The third-order valence-electron chi connectivity index (χ3n) is 8.70. The zero-order valence-electron chi connectivity index (χ0n) is 36.1. The minimum Gasteiger partial charge on any atom is -0.386 e. The minimum absolute atomic E-state index is 0. The van der Waals surface area contributed by atoms with Crippen molar-refractivity contribution in [1.82, 2.24) is 0 Å². The lowest BCUT2D eigenvalue weighted by Crippen LogP contribution is -2.14. The number of carbonyl (C=O) groups excluding carboxylic acids is 1. The van der Waals surface area contributed by atoms with E-state index in [1.807, 2.05) is 76.2 Å². The van der Waals surface area contributed by atoms with Gasteiger partial charge in [-0.2, -0.15) is 0 Å². The zero-order valence-corrected chi connectivity index (χ0v) is 39.2. The molecule has 300 valence electrons. The summed E-state index contributed by atoms with van der Waals surface area (Å²) in [6, 6.07) is 39.3. The molecule has 5 rings (SSSR count). The maximum atomic E-state index is 10.7. The topological polar surface area (TPSA) is 37.3 Å². The highest BCUT2D eigenvalue weighted by atomic mass is 79.9. The number of alkyl halides is 1. The predicted octanol–water partition coefficient (Wildman–Crippen LogP) is 15.3. The Balaban J connectivity index is 0.000000664. The molecule has 0 aliphatic carbocycles. The standard InChI is InChI=1S/C12H16O.C11H16.C10H13Cl.C10H14O.C7H7Br.ClH/c1-9-5-6-11(12(2,3)4)7-10(9)8-13;1-9-5-7-10(8-6-9)11(2,3)4;2*1-8-4-6-9(7-5-8)10(2,3)11;1-6-2-4-7(8)5-3-6;/h5-8H,1-4H3;5-8H,1-4H3;4-7H,1-3H3;4-7,11H,1-3H3;2-5H,1H3;1H. The van der Waals surface area contributed by atoms with E-state index in [2.05, 4.69) is 145 Å². The van der Waals surface area contributed by atoms with Gasteiger partial charge in [0.1, 0.15) is 6.29 Å². The molecule has 2 nitrogen and oxygen atoms in total. The van der Waals surface area contributed by atoms with Crippen LogP contribution in [0.25, 0.3) is 0 Å². The van der Waals surface area contributed by atoms with E-state index in [0.29, 0.717) is 0 Å². The molecule has 0 unspecified atom stereocenters. The van der Waals surface area contributed by atoms with Crippen LogP contribution in [0.3, 0.4) is 0 Å². The quantitative estimate of drug-likeness (QED) is 0.145. The van der Waals surface area contributed by atoms with Crippen molar-refractivity contribution in [3.63, 3.8) is 0 Å². The molecule has 5 aromatic rings. The Morgan fingerprint density at radius 3 is 1.09 bits per heavy atom. The summed E-state index contributed by atoms with van der Waals surface area (Å²) in [6.45, 7) is 31.0. The second-order valence-electron chi connectivity index (χ2n) is 17.1. The van der Waals surface area contributed by atoms with E-state index in [9.17, 15) is 9.90 Å². The van der Waals surface area contributed by atoms with Crippen molar-refractivity contribution in [3.05, 3.63) is 175 Å². The molecule has 0 spiro atoms. The third-order valence-corrected chi connectivity index (χ3v) is 9.44. The SMILES string of the molecule is Cc1ccc(Br)cc1.Cc1ccc(C(C)(C)C)cc1.Cc1ccc(C(C)(C)C)cc1C=O.Cc1ccc(C(C)(C)Cl)cc1.Cc1ccc(C(C)(C)O)cc1.Cl. The van der Waals surface area contributed by atoms with E-state index in [-0.39, 0.29) is 28.1 Å². The molecular weight excluding hydrogens is 783 g/mol. The van der Waals surface area contributed by atoms with Crippen molar-refractivity contribution < 1.29 is 9.90 Å². The van der Waals surface area contributed by atoms with Crippen molar-refractivity contribution in [2.75, 3.05) is 0 Å². The number of halogens is 3. The molecule has 55 heavy (non-hydrogen) atoms. The van der Waals surface area contributed by atoms with Crippen molar-refractivity contribution in [3.8, 4) is 0 Å². The summed E-state index contributed by atoms with van der Waals surface area (Å²) in [6.07, 6.45) is 0.921. The normalized spacial score (nSPS) is 11.0. The molecule has 5 heteroatoms. The van der Waals surface area contributed by atoms with Gasteiger partial charge in [0, 0.05) is 10.0 Å². The second kappa shape index (κ2) is 23.1. The van der Waals surface area contributed by atoms with Gasteiger partial charge in [0.25, 0.3) is 0 Å². The molecule has 0 radical (unpaired) electrons. The van der Waals surface area contributed by atoms with E-state index in [1.165, 1.54) is 38.9 Å². The maximum Gasteiger partial charge on any atom is 0.150 e. The summed E-state index contributed by atoms with van der Waals surface area (Å²) < 4.78 is 1.14. The fourth-order valence-electron chi connectivity index (χ4n) is 4.73. The number of benzene rings is 5. The molecule has 5 aromatic carbocycles. The van der Waals surface area contributed by atoms with Gasteiger partial charge in [0.2, 0.25) is 0 Å². The molecule has 0 atom stereocenters. The predicted molar refractivity (Wildman–Crippen MR) is 248 cm³/mol. The highest BCUT2D eigenvalue weighted by Gasteiger charge is 2.16. The molecular formula is C50H67BrCl2O2. The van der Waals surface area contributed by atoms with Crippen molar-refractivity contribution in [2.24, 2.45) is 0 Å². The number of aryl methyl sites for hydroxylation is 5. The van der Waals surface area contributed by atoms with E-state index in [1.54, 1.807) is 13.8 Å². The van der Waals surface area contributed by atoms with Gasteiger partial charge in [-0.05, 0) is 119 Å². The van der Waals surface area contributed by atoms with Gasteiger partial charge in [-0.3, -0.25) is 4.79 Å². The summed E-state index contributed by atoms with van der Waals surface area (Å²) >= 11 is 9.46. The van der Waals surface area contributed by atoms with Gasteiger partial charge in [0.15, 0.2) is 0 Å². The zero-order chi connectivity index (χ0) is 41.5. The van der Waals surface area contributed by atoms with Gasteiger partial charge in [-0.25, -0.2) is 0 Å². The summed E-state index contributed by atoms with van der Waals surface area (Å²) in [7, 11) is 0. The first-order valence-corrected chi connectivity index (χ1v) is 19.8. The monoisotopic (exact) mass is 848 g/mol. The summed E-state index contributed by atoms with van der Waals surface area (Å²) in [5.74, 6) is 0. The van der Waals surface area contributed by atoms with Gasteiger partial charge < -0.3 is 5.11 Å². The Kier molecular flexibility index (Phi) is 21.8. The average Bonchev–Trinajstić information content (AvgIpc) is 3.06. The van der Waals surface area contributed by atoms with Crippen LogP contribution in [0.15, 0.2) is 120 Å². The van der Waals surface area contributed by atoms with Crippen LogP contribution in [0, 0.1) is 34.6 Å². The lowest BCUT2D eigenvalue weighted by atomic mass is 9.85. The first kappa shape index (κ1) is 51.8. The van der Waals surface area contributed by atoms with Crippen LogP contribution in [0.1, 0.15) is 130 Å². The molecule has 0 bridgehead atoms. The highest BCUT2D eigenvalue weighted by molar-refractivity contribution is 9.10. The molecule has 0 aromatic heterocycles. The van der Waals surface area contributed by atoms with E-state index >= 15 is 0 Å². The molecule has 0 saturated heterocycles. The van der Waals surface area contributed by atoms with Crippen LogP contribution in [-0.2, 0) is 21.3 Å². The Hall–Kier alpha value is -3.21. The van der Waals surface area contributed by atoms with Crippen molar-refractivity contribution in [1.29, 1.82) is 0 Å². The summed E-state index contributed by atoms with van der Waals surface area (Å²) in [5, 5.41) is 9.58. The third kappa shape index (κ3) is 21.0. The Bertz CT molecular complexity index is 1660.